The molecule has 48 heavy (non-hydrogen) atoms. The van der Waals surface area contributed by atoms with Crippen molar-refractivity contribution in [2.75, 3.05) is 0 Å². The van der Waals surface area contributed by atoms with E-state index in [1.807, 2.05) is 18.2 Å². The molecule has 0 N–H and O–H groups in total. The first-order chi connectivity index (χ1) is 23.8. The van der Waals surface area contributed by atoms with E-state index in [-0.39, 0.29) is 0 Å². The van der Waals surface area contributed by atoms with E-state index in [1.165, 1.54) is 22.3 Å². The summed E-state index contributed by atoms with van der Waals surface area (Å²) in [7, 11) is 0. The minimum Gasteiger partial charge on any atom is -0.457 e. The third-order valence-corrected chi connectivity index (χ3v) is 9.95. The Morgan fingerprint density at radius 2 is 1.00 bits per heavy atom. The highest BCUT2D eigenvalue weighted by molar-refractivity contribution is 5.95. The number of hydrogen-bond donors (Lipinski definition) is 0. The van der Waals surface area contributed by atoms with Crippen LogP contribution in [0.25, 0.3) is 55.8 Å². The predicted molar refractivity (Wildman–Crippen MR) is 193 cm³/mol. The zero-order chi connectivity index (χ0) is 31.7. The molecule has 1 spiro atoms. The van der Waals surface area contributed by atoms with Gasteiger partial charge in [-0.15, -0.1) is 0 Å². The maximum absolute atomic E-state index is 6.76. The SMILES string of the molecule is c1ccc(-c2nc(-c3cccc(-c4cccc5c4C4(c6ccccc6O5)c5ccccc5-c5ccccc54)c3)nc3ccccc23)cc1. The van der Waals surface area contributed by atoms with Gasteiger partial charge in [-0.3, -0.25) is 0 Å². The van der Waals surface area contributed by atoms with Crippen molar-refractivity contribution in [3.63, 3.8) is 0 Å². The summed E-state index contributed by atoms with van der Waals surface area (Å²) >= 11 is 0. The van der Waals surface area contributed by atoms with E-state index in [9.17, 15) is 0 Å². The number of hydrogen-bond acceptors (Lipinski definition) is 3. The van der Waals surface area contributed by atoms with Gasteiger partial charge in [0, 0.05) is 27.6 Å². The highest BCUT2D eigenvalue weighted by Crippen LogP contribution is 2.63. The fourth-order valence-corrected chi connectivity index (χ4v) is 8.00. The number of aromatic nitrogens is 2. The van der Waals surface area contributed by atoms with Crippen LogP contribution in [0.3, 0.4) is 0 Å². The van der Waals surface area contributed by atoms with Gasteiger partial charge in [0.25, 0.3) is 0 Å². The van der Waals surface area contributed by atoms with Gasteiger partial charge >= 0.3 is 0 Å². The van der Waals surface area contributed by atoms with Gasteiger partial charge in [-0.25, -0.2) is 9.97 Å². The summed E-state index contributed by atoms with van der Waals surface area (Å²) in [6, 6.07) is 60.0. The Labute approximate surface area is 278 Å². The Morgan fingerprint density at radius 3 is 1.81 bits per heavy atom. The van der Waals surface area contributed by atoms with Crippen molar-refractivity contribution in [3.8, 4) is 56.4 Å². The number of nitrogens with zero attached hydrogens (tertiary/aromatic N) is 2. The predicted octanol–water partition coefficient (Wildman–Crippen LogP) is 11.1. The molecule has 0 bridgehead atoms. The number of ether oxygens (including phenoxy) is 1. The second-order valence-corrected chi connectivity index (χ2v) is 12.5. The number of benzene rings is 7. The average molecular weight is 613 g/mol. The fraction of sp³-hybridized carbons (Fsp3) is 0.0222. The van der Waals surface area contributed by atoms with Crippen molar-refractivity contribution < 1.29 is 4.74 Å². The standard InChI is InChI=1S/C45H28N2O/c1-2-14-29(15-3-1)43-35-20-6-10-25-39(35)46-44(47-43)31-17-12-16-30(28-31)32-21-13-27-41-42(32)45(38-24-9-11-26-40(38)48-41)36-22-7-4-18-33(36)34-19-5-8-23-37(34)45/h1-28H. The molecule has 3 heteroatoms. The van der Waals surface area contributed by atoms with Gasteiger partial charge in [-0.1, -0.05) is 146 Å². The molecule has 0 fully saturated rings. The highest BCUT2D eigenvalue weighted by Gasteiger charge is 2.52. The summed E-state index contributed by atoms with van der Waals surface area (Å²) in [6.07, 6.45) is 0. The van der Waals surface area contributed by atoms with Gasteiger partial charge in [-0.05, 0) is 57.6 Å². The van der Waals surface area contributed by atoms with E-state index in [0.717, 1.165) is 61.5 Å². The molecule has 1 aliphatic heterocycles. The number of rotatable bonds is 3. The monoisotopic (exact) mass is 612 g/mol. The molecular formula is C45H28N2O. The molecule has 1 aliphatic carbocycles. The van der Waals surface area contributed by atoms with Gasteiger partial charge < -0.3 is 4.74 Å². The minimum absolute atomic E-state index is 0.552. The molecule has 0 saturated carbocycles. The average Bonchev–Trinajstić information content (AvgIpc) is 3.45. The molecule has 0 unspecified atom stereocenters. The number of para-hydroxylation sites is 2. The zero-order valence-corrected chi connectivity index (χ0v) is 26.0. The molecule has 224 valence electrons. The quantitative estimate of drug-likeness (QED) is 0.199. The van der Waals surface area contributed by atoms with Crippen LogP contribution in [0.4, 0.5) is 0 Å². The molecular weight excluding hydrogens is 585 g/mol. The Bertz CT molecular complexity index is 2510. The summed E-state index contributed by atoms with van der Waals surface area (Å²) in [5, 5.41) is 1.04. The van der Waals surface area contributed by atoms with Crippen LogP contribution in [0.1, 0.15) is 22.3 Å². The van der Waals surface area contributed by atoms with E-state index in [1.54, 1.807) is 0 Å². The molecule has 2 heterocycles. The van der Waals surface area contributed by atoms with E-state index >= 15 is 0 Å². The first-order valence-electron chi connectivity index (χ1n) is 16.3. The van der Waals surface area contributed by atoms with E-state index in [0.29, 0.717) is 5.82 Å². The second-order valence-electron chi connectivity index (χ2n) is 12.5. The van der Waals surface area contributed by atoms with Gasteiger partial charge in [0.05, 0.1) is 16.6 Å². The maximum atomic E-state index is 6.76. The van der Waals surface area contributed by atoms with Crippen molar-refractivity contribution in [3.05, 3.63) is 192 Å². The molecule has 0 saturated heterocycles. The van der Waals surface area contributed by atoms with Crippen molar-refractivity contribution in [1.82, 2.24) is 9.97 Å². The second kappa shape index (κ2) is 10.3. The largest absolute Gasteiger partial charge is 0.457 e. The van der Waals surface area contributed by atoms with Crippen LogP contribution in [-0.2, 0) is 5.41 Å². The molecule has 0 atom stereocenters. The van der Waals surface area contributed by atoms with Crippen LogP contribution in [0.2, 0.25) is 0 Å². The molecule has 0 amide bonds. The Balaban J connectivity index is 1.23. The third kappa shape index (κ3) is 3.76. The molecule has 7 aromatic carbocycles. The van der Waals surface area contributed by atoms with Gasteiger partial charge in [0.1, 0.15) is 11.5 Å². The number of fused-ring (bicyclic) bond motifs is 10. The highest BCUT2D eigenvalue weighted by atomic mass is 16.5. The van der Waals surface area contributed by atoms with Crippen LogP contribution < -0.4 is 4.74 Å². The van der Waals surface area contributed by atoms with Crippen LogP contribution in [-0.4, -0.2) is 9.97 Å². The lowest BCUT2D eigenvalue weighted by atomic mass is 9.64. The molecule has 8 aromatic rings. The Hall–Kier alpha value is -6.32. The normalized spacial score (nSPS) is 13.3. The molecule has 2 aliphatic rings. The van der Waals surface area contributed by atoms with E-state index in [2.05, 4.69) is 152 Å². The van der Waals surface area contributed by atoms with Crippen LogP contribution >= 0.6 is 0 Å². The smallest absolute Gasteiger partial charge is 0.160 e. The Morgan fingerprint density at radius 1 is 0.417 bits per heavy atom. The molecule has 1 aromatic heterocycles. The maximum Gasteiger partial charge on any atom is 0.160 e. The topological polar surface area (TPSA) is 35.0 Å². The molecule has 3 nitrogen and oxygen atoms in total. The summed E-state index contributed by atoms with van der Waals surface area (Å²) in [5.74, 6) is 2.46. The lowest BCUT2D eigenvalue weighted by Gasteiger charge is -2.40. The van der Waals surface area contributed by atoms with Gasteiger partial charge in [-0.2, -0.15) is 0 Å². The summed E-state index contributed by atoms with van der Waals surface area (Å²) in [4.78, 5) is 10.3. The van der Waals surface area contributed by atoms with E-state index < -0.39 is 5.41 Å². The summed E-state index contributed by atoms with van der Waals surface area (Å²) < 4.78 is 6.76. The first-order valence-corrected chi connectivity index (χ1v) is 16.3. The van der Waals surface area contributed by atoms with Gasteiger partial charge in [0.15, 0.2) is 5.82 Å². The lowest BCUT2D eigenvalue weighted by molar-refractivity contribution is 0.437. The molecule has 0 radical (unpaired) electrons. The third-order valence-electron chi connectivity index (χ3n) is 9.95. The van der Waals surface area contributed by atoms with Crippen LogP contribution in [0, 0.1) is 0 Å². The van der Waals surface area contributed by atoms with E-state index in [4.69, 9.17) is 14.7 Å². The minimum atomic E-state index is -0.552. The van der Waals surface area contributed by atoms with Crippen molar-refractivity contribution in [2.45, 2.75) is 5.41 Å². The van der Waals surface area contributed by atoms with Crippen LogP contribution in [0.5, 0.6) is 11.5 Å². The lowest BCUT2D eigenvalue weighted by Crippen LogP contribution is -2.32. The fourth-order valence-electron chi connectivity index (χ4n) is 8.00. The van der Waals surface area contributed by atoms with Crippen molar-refractivity contribution >= 4 is 10.9 Å². The first kappa shape index (κ1) is 26.9. The van der Waals surface area contributed by atoms with Crippen molar-refractivity contribution in [2.24, 2.45) is 0 Å². The summed E-state index contributed by atoms with van der Waals surface area (Å²) in [5.41, 5.74) is 12.9. The summed E-state index contributed by atoms with van der Waals surface area (Å²) in [6.45, 7) is 0. The van der Waals surface area contributed by atoms with Gasteiger partial charge in [0.2, 0.25) is 0 Å². The Kier molecular flexibility index (Phi) is 5.79. The molecule has 10 rings (SSSR count). The zero-order valence-electron chi connectivity index (χ0n) is 26.0. The van der Waals surface area contributed by atoms with Crippen LogP contribution in [0.15, 0.2) is 170 Å². The van der Waals surface area contributed by atoms with Crippen molar-refractivity contribution in [1.29, 1.82) is 0 Å².